The van der Waals surface area contributed by atoms with E-state index in [0.29, 0.717) is 0 Å². The van der Waals surface area contributed by atoms with Gasteiger partial charge in [-0.2, -0.15) is 9.61 Å². The second kappa shape index (κ2) is 7.39. The zero-order chi connectivity index (χ0) is 16.5. The summed E-state index contributed by atoms with van der Waals surface area (Å²) in [7, 11) is 0. The maximum Gasteiger partial charge on any atom is 0.234 e. The van der Waals surface area contributed by atoms with Gasteiger partial charge in [0.05, 0.1) is 0 Å². The van der Waals surface area contributed by atoms with Gasteiger partial charge in [0.15, 0.2) is 5.82 Å². The fourth-order valence-corrected chi connectivity index (χ4v) is 3.38. The van der Waals surface area contributed by atoms with Gasteiger partial charge in [0.25, 0.3) is 0 Å². The topological polar surface area (TPSA) is 55.1 Å². The number of nitrogens with zero attached hydrogens (tertiary/aromatic N) is 4. The van der Waals surface area contributed by atoms with E-state index in [4.69, 9.17) is 11.6 Å². The number of anilines is 1. The molecule has 0 saturated carbocycles. The third-order valence-electron chi connectivity index (χ3n) is 3.69. The van der Waals surface area contributed by atoms with Gasteiger partial charge in [-0.1, -0.05) is 35.1 Å². The average Bonchev–Trinajstić information content (AvgIpc) is 3.17. The van der Waals surface area contributed by atoms with E-state index in [2.05, 4.69) is 44.9 Å². The molecule has 0 bridgehead atoms. The Labute approximate surface area is 160 Å². The number of aryl methyl sites for hydroxylation is 1. The van der Waals surface area contributed by atoms with Crippen molar-refractivity contribution in [2.24, 2.45) is 0 Å². The molecule has 8 heteroatoms. The molecule has 2 heterocycles. The van der Waals surface area contributed by atoms with Crippen molar-refractivity contribution in [2.45, 2.75) is 13.5 Å². The summed E-state index contributed by atoms with van der Waals surface area (Å²) in [6, 6.07) is 16.1. The maximum atomic E-state index is 5.90. The van der Waals surface area contributed by atoms with Gasteiger partial charge < -0.3 is 5.32 Å². The second-order valence-electron chi connectivity index (χ2n) is 5.41. The van der Waals surface area contributed by atoms with Gasteiger partial charge in [-0.05, 0) is 48.9 Å². The van der Waals surface area contributed by atoms with Crippen molar-refractivity contribution in [3.8, 4) is 10.6 Å². The number of rotatable bonds is 4. The van der Waals surface area contributed by atoms with Crippen molar-refractivity contribution in [3.05, 3.63) is 64.9 Å². The van der Waals surface area contributed by atoms with E-state index in [1.807, 2.05) is 31.2 Å². The van der Waals surface area contributed by atoms with Gasteiger partial charge in [0.1, 0.15) is 5.01 Å². The third-order valence-corrected chi connectivity index (χ3v) is 4.89. The van der Waals surface area contributed by atoms with Gasteiger partial charge in [-0.15, -0.1) is 22.6 Å². The van der Waals surface area contributed by atoms with Crippen LogP contribution < -0.4 is 5.32 Å². The molecule has 0 saturated heterocycles. The maximum absolute atomic E-state index is 5.90. The lowest BCUT2D eigenvalue weighted by atomic mass is 10.2. The first-order chi connectivity index (χ1) is 11.7. The quantitative estimate of drug-likeness (QED) is 0.540. The molecule has 128 valence electrons. The lowest BCUT2D eigenvalue weighted by molar-refractivity contribution is 0.898. The summed E-state index contributed by atoms with van der Waals surface area (Å²) in [5, 5.41) is 17.7. The minimum atomic E-state index is 0. The van der Waals surface area contributed by atoms with Crippen LogP contribution in [0.15, 0.2) is 48.5 Å². The zero-order valence-electron chi connectivity index (χ0n) is 13.3. The highest BCUT2D eigenvalue weighted by molar-refractivity contribution is 7.19. The summed E-state index contributed by atoms with van der Waals surface area (Å²) in [6.07, 6.45) is 0. The van der Waals surface area contributed by atoms with Crippen LogP contribution in [0.5, 0.6) is 0 Å². The lowest BCUT2D eigenvalue weighted by Crippen LogP contribution is -1.98. The molecule has 0 amide bonds. The SMILES string of the molecule is Cc1nnc2sc(-c3ccc(NCc4ccc(Cl)cc4)cc3)nn12.Cl. The number of fused-ring (bicyclic) bond motifs is 1. The van der Waals surface area contributed by atoms with Crippen molar-refractivity contribution in [3.63, 3.8) is 0 Å². The molecule has 0 atom stereocenters. The van der Waals surface area contributed by atoms with Crippen molar-refractivity contribution >= 4 is 46.0 Å². The molecule has 1 N–H and O–H groups in total. The van der Waals surface area contributed by atoms with Crippen LogP contribution in [-0.4, -0.2) is 19.8 Å². The number of aromatic nitrogens is 4. The summed E-state index contributed by atoms with van der Waals surface area (Å²) in [5.41, 5.74) is 3.32. The largest absolute Gasteiger partial charge is 0.381 e. The highest BCUT2D eigenvalue weighted by Crippen LogP contribution is 2.26. The third kappa shape index (κ3) is 3.76. The highest BCUT2D eigenvalue weighted by Gasteiger charge is 2.10. The molecule has 4 aromatic rings. The predicted molar refractivity (Wildman–Crippen MR) is 105 cm³/mol. The van der Waals surface area contributed by atoms with Crippen LogP contribution in [-0.2, 0) is 6.54 Å². The van der Waals surface area contributed by atoms with E-state index in [-0.39, 0.29) is 12.4 Å². The number of halogens is 2. The van der Waals surface area contributed by atoms with Crippen LogP contribution in [0.4, 0.5) is 5.69 Å². The molecule has 4 rings (SSSR count). The van der Waals surface area contributed by atoms with E-state index in [1.54, 1.807) is 4.52 Å². The first-order valence-electron chi connectivity index (χ1n) is 7.47. The molecule has 0 radical (unpaired) electrons. The summed E-state index contributed by atoms with van der Waals surface area (Å²) in [5.74, 6) is 0.800. The summed E-state index contributed by atoms with van der Waals surface area (Å²) < 4.78 is 1.77. The Balaban J connectivity index is 0.00000182. The van der Waals surface area contributed by atoms with Gasteiger partial charge >= 0.3 is 0 Å². The minimum Gasteiger partial charge on any atom is -0.381 e. The van der Waals surface area contributed by atoms with Crippen LogP contribution in [0.2, 0.25) is 5.02 Å². The summed E-state index contributed by atoms with van der Waals surface area (Å²) >= 11 is 7.43. The van der Waals surface area contributed by atoms with E-state index < -0.39 is 0 Å². The number of benzene rings is 2. The van der Waals surface area contributed by atoms with Crippen molar-refractivity contribution in [1.29, 1.82) is 0 Å². The smallest absolute Gasteiger partial charge is 0.234 e. The normalized spacial score (nSPS) is 10.6. The first-order valence-corrected chi connectivity index (χ1v) is 8.66. The second-order valence-corrected chi connectivity index (χ2v) is 6.80. The summed E-state index contributed by atoms with van der Waals surface area (Å²) in [4.78, 5) is 0.812. The number of hydrogen-bond acceptors (Lipinski definition) is 5. The van der Waals surface area contributed by atoms with E-state index in [0.717, 1.165) is 38.6 Å². The Morgan fingerprint density at radius 2 is 1.76 bits per heavy atom. The van der Waals surface area contributed by atoms with Gasteiger partial charge in [-0.3, -0.25) is 0 Å². The molecular formula is C17H15Cl2N5S. The standard InChI is InChI=1S/C17H14ClN5S.ClH/c1-11-20-21-17-23(11)22-16(24-17)13-4-8-15(9-5-13)19-10-12-2-6-14(18)7-3-12;/h2-9,19H,10H2,1H3;1H. The molecular weight excluding hydrogens is 377 g/mol. The van der Waals surface area contributed by atoms with E-state index in [1.165, 1.54) is 16.9 Å². The molecule has 0 fully saturated rings. The Hall–Kier alpha value is -2.15. The highest BCUT2D eigenvalue weighted by atomic mass is 35.5. The molecule has 0 spiro atoms. The first kappa shape index (κ1) is 17.7. The predicted octanol–water partition coefficient (Wildman–Crippen LogP) is 4.85. The average molecular weight is 392 g/mol. The molecule has 0 aliphatic rings. The summed E-state index contributed by atoms with van der Waals surface area (Å²) in [6.45, 7) is 2.65. The van der Waals surface area contributed by atoms with E-state index >= 15 is 0 Å². The van der Waals surface area contributed by atoms with Gasteiger partial charge in [-0.25, -0.2) is 0 Å². The Kier molecular flexibility index (Phi) is 5.22. The minimum absolute atomic E-state index is 0. The Morgan fingerprint density at radius 1 is 1.04 bits per heavy atom. The fourth-order valence-electron chi connectivity index (χ4n) is 2.37. The molecule has 0 aliphatic heterocycles. The lowest BCUT2D eigenvalue weighted by Gasteiger charge is -2.07. The van der Waals surface area contributed by atoms with Crippen LogP contribution in [0.3, 0.4) is 0 Å². The molecule has 0 unspecified atom stereocenters. The van der Waals surface area contributed by atoms with Crippen LogP contribution in [0.1, 0.15) is 11.4 Å². The van der Waals surface area contributed by atoms with Crippen molar-refractivity contribution < 1.29 is 0 Å². The number of hydrogen-bond donors (Lipinski definition) is 1. The van der Waals surface area contributed by atoms with Gasteiger partial charge in [0, 0.05) is 22.8 Å². The van der Waals surface area contributed by atoms with Crippen molar-refractivity contribution in [1.82, 2.24) is 19.8 Å². The zero-order valence-corrected chi connectivity index (χ0v) is 15.7. The monoisotopic (exact) mass is 391 g/mol. The molecule has 25 heavy (non-hydrogen) atoms. The van der Waals surface area contributed by atoms with Crippen LogP contribution >= 0.6 is 35.3 Å². The van der Waals surface area contributed by atoms with Crippen molar-refractivity contribution in [2.75, 3.05) is 5.32 Å². The Bertz CT molecular complexity index is 977. The Morgan fingerprint density at radius 3 is 2.44 bits per heavy atom. The molecule has 2 aromatic heterocycles. The van der Waals surface area contributed by atoms with E-state index in [9.17, 15) is 0 Å². The number of nitrogens with one attached hydrogen (secondary N) is 1. The van der Waals surface area contributed by atoms with Gasteiger partial charge in [0.2, 0.25) is 4.96 Å². The van der Waals surface area contributed by atoms with Crippen LogP contribution in [0.25, 0.3) is 15.5 Å². The molecule has 2 aromatic carbocycles. The van der Waals surface area contributed by atoms with Crippen LogP contribution in [0, 0.1) is 6.92 Å². The fraction of sp³-hybridized carbons (Fsp3) is 0.118. The molecule has 0 aliphatic carbocycles. The molecule has 5 nitrogen and oxygen atoms in total.